The number of hydrogen-bond acceptors (Lipinski definition) is 7. The Balaban J connectivity index is 1.29. The number of carbonyl (C=O) groups is 1. The molecular weight excluding hydrogens is 554 g/mol. The highest BCUT2D eigenvalue weighted by Gasteiger charge is 2.24. The Morgan fingerprint density at radius 3 is 2.36 bits per heavy atom. The number of anilines is 1. The molecule has 9 nitrogen and oxygen atoms in total. The van der Waals surface area contributed by atoms with Gasteiger partial charge in [0.15, 0.2) is 11.5 Å². The average Bonchev–Trinajstić information content (AvgIpc) is 3.34. The molecule has 0 saturated carbocycles. The normalized spacial score (nSPS) is 14.7. The van der Waals surface area contributed by atoms with E-state index in [0.717, 1.165) is 62.5 Å². The van der Waals surface area contributed by atoms with Crippen LogP contribution in [0.5, 0.6) is 17.2 Å². The number of benzene rings is 3. The van der Waals surface area contributed by atoms with E-state index < -0.39 is 0 Å². The maximum absolute atomic E-state index is 13.7. The predicted molar refractivity (Wildman–Crippen MR) is 176 cm³/mol. The molecule has 1 atom stereocenters. The number of nitrogens with zero attached hydrogens (tertiary/aromatic N) is 4. The lowest BCUT2D eigenvalue weighted by Gasteiger charge is -2.28. The van der Waals surface area contributed by atoms with Crippen molar-refractivity contribution in [3.63, 3.8) is 0 Å². The highest BCUT2D eigenvalue weighted by Crippen LogP contribution is 2.38. The molecule has 4 aromatic rings. The van der Waals surface area contributed by atoms with Crippen LogP contribution in [0.15, 0.2) is 54.6 Å². The Morgan fingerprint density at radius 1 is 0.932 bits per heavy atom. The van der Waals surface area contributed by atoms with Crippen molar-refractivity contribution in [2.75, 3.05) is 72.5 Å². The highest BCUT2D eigenvalue weighted by atomic mass is 16.5. The minimum absolute atomic E-state index is 0.0886. The molecule has 1 aliphatic rings. The van der Waals surface area contributed by atoms with Crippen molar-refractivity contribution in [2.24, 2.45) is 0 Å². The molecule has 1 saturated heterocycles. The van der Waals surface area contributed by atoms with Crippen LogP contribution in [0.4, 0.5) is 5.95 Å². The van der Waals surface area contributed by atoms with Crippen LogP contribution in [-0.2, 0) is 0 Å². The van der Waals surface area contributed by atoms with Crippen LogP contribution in [0.25, 0.3) is 11.0 Å². The summed E-state index contributed by atoms with van der Waals surface area (Å²) < 4.78 is 16.5. The second kappa shape index (κ2) is 14.0. The summed E-state index contributed by atoms with van der Waals surface area (Å²) in [5, 5.41) is 0. The molecule has 1 aromatic heterocycles. The first-order valence-corrected chi connectivity index (χ1v) is 15.4. The third kappa shape index (κ3) is 6.94. The molecule has 0 bridgehead atoms. The van der Waals surface area contributed by atoms with E-state index in [0.29, 0.717) is 29.4 Å². The molecule has 0 aliphatic carbocycles. The van der Waals surface area contributed by atoms with Crippen molar-refractivity contribution in [1.29, 1.82) is 0 Å². The maximum atomic E-state index is 13.7. The number of fused-ring (bicyclic) bond motifs is 1. The van der Waals surface area contributed by atoms with Crippen molar-refractivity contribution in [3.8, 4) is 17.2 Å². The summed E-state index contributed by atoms with van der Waals surface area (Å²) in [6.45, 7) is 9.75. The van der Waals surface area contributed by atoms with E-state index in [2.05, 4.69) is 59.0 Å². The number of ether oxygens (including phenoxy) is 3. The molecule has 1 fully saturated rings. The SMILES string of the molecule is COc1cc(C(=O)N(C)CC(CCN2CCCN(c3nc4ccccc4[nH]3)CC2)c2ccc(C)c(C)c2)cc(OC)c1OC. The zero-order valence-electron chi connectivity index (χ0n) is 26.9. The zero-order valence-corrected chi connectivity index (χ0v) is 26.9. The smallest absolute Gasteiger partial charge is 0.253 e. The number of carbonyl (C=O) groups excluding carboxylic acids is 1. The molecule has 2 heterocycles. The predicted octanol–water partition coefficient (Wildman–Crippen LogP) is 5.66. The minimum Gasteiger partial charge on any atom is -0.493 e. The van der Waals surface area contributed by atoms with Crippen LogP contribution in [-0.4, -0.2) is 93.3 Å². The van der Waals surface area contributed by atoms with Gasteiger partial charge in [-0.15, -0.1) is 0 Å². The number of aromatic amines is 1. The Kier molecular flexibility index (Phi) is 9.95. The van der Waals surface area contributed by atoms with E-state index in [4.69, 9.17) is 19.2 Å². The molecule has 1 N–H and O–H groups in total. The first kappa shape index (κ1) is 31.2. The van der Waals surface area contributed by atoms with E-state index in [-0.39, 0.29) is 11.8 Å². The fourth-order valence-corrected chi connectivity index (χ4v) is 6.05. The van der Waals surface area contributed by atoms with Crippen LogP contribution in [0.2, 0.25) is 0 Å². The van der Waals surface area contributed by atoms with Gasteiger partial charge >= 0.3 is 0 Å². The number of methoxy groups -OCH3 is 3. The van der Waals surface area contributed by atoms with Crippen molar-refractivity contribution in [1.82, 2.24) is 19.8 Å². The van der Waals surface area contributed by atoms with E-state index in [1.54, 1.807) is 33.5 Å². The van der Waals surface area contributed by atoms with Gasteiger partial charge in [-0.3, -0.25) is 4.79 Å². The molecule has 5 rings (SSSR count). The Hall–Kier alpha value is -4.24. The van der Waals surface area contributed by atoms with Crippen LogP contribution in [0, 0.1) is 13.8 Å². The number of H-pyrrole nitrogens is 1. The van der Waals surface area contributed by atoms with Gasteiger partial charge in [0.25, 0.3) is 5.91 Å². The van der Waals surface area contributed by atoms with Crippen molar-refractivity contribution in [3.05, 3.63) is 76.9 Å². The monoisotopic (exact) mass is 599 g/mol. The molecule has 0 spiro atoms. The molecule has 0 radical (unpaired) electrons. The van der Waals surface area contributed by atoms with Crippen molar-refractivity contribution in [2.45, 2.75) is 32.6 Å². The van der Waals surface area contributed by atoms with Gasteiger partial charge in [-0.25, -0.2) is 4.98 Å². The summed E-state index contributed by atoms with van der Waals surface area (Å²) in [6.07, 6.45) is 2.02. The number of nitrogens with one attached hydrogen (secondary N) is 1. The van der Waals surface area contributed by atoms with Gasteiger partial charge in [-0.1, -0.05) is 30.3 Å². The first-order chi connectivity index (χ1) is 21.3. The van der Waals surface area contributed by atoms with Gasteiger partial charge < -0.3 is 33.9 Å². The molecule has 1 aliphatic heterocycles. The lowest BCUT2D eigenvalue weighted by molar-refractivity contribution is 0.0782. The number of aryl methyl sites for hydroxylation is 2. The van der Waals surface area contributed by atoms with Crippen LogP contribution < -0.4 is 19.1 Å². The second-order valence-corrected chi connectivity index (χ2v) is 11.7. The maximum Gasteiger partial charge on any atom is 0.253 e. The number of amides is 1. The van der Waals surface area contributed by atoms with E-state index >= 15 is 0 Å². The van der Waals surface area contributed by atoms with Crippen molar-refractivity contribution < 1.29 is 19.0 Å². The van der Waals surface area contributed by atoms with E-state index in [1.807, 2.05) is 24.1 Å². The standard InChI is InChI=1S/C35H45N5O4/c1-24-12-13-26(20-25(24)2)27(23-38(3)34(41)28-21-31(42-4)33(44-6)32(22-28)43-5)14-17-39-15-9-16-40(19-18-39)35-36-29-10-7-8-11-30(29)37-35/h7-8,10-13,20-22,27H,9,14-19,23H2,1-6H3,(H,36,37). The minimum atomic E-state index is -0.0886. The topological polar surface area (TPSA) is 83.2 Å². The summed E-state index contributed by atoms with van der Waals surface area (Å²) in [4.78, 5) is 28.8. The number of rotatable bonds is 11. The van der Waals surface area contributed by atoms with E-state index in [9.17, 15) is 4.79 Å². The van der Waals surface area contributed by atoms with Crippen LogP contribution in [0.3, 0.4) is 0 Å². The number of hydrogen-bond donors (Lipinski definition) is 1. The fourth-order valence-electron chi connectivity index (χ4n) is 6.05. The largest absolute Gasteiger partial charge is 0.493 e. The number of imidazole rings is 1. The zero-order chi connectivity index (χ0) is 31.2. The fraction of sp³-hybridized carbons (Fsp3) is 0.429. The van der Waals surface area contributed by atoms with Gasteiger partial charge in [0, 0.05) is 44.7 Å². The molecule has 3 aromatic carbocycles. The summed E-state index contributed by atoms with van der Waals surface area (Å²) in [5.74, 6) is 2.44. The Bertz CT molecular complexity index is 1530. The summed E-state index contributed by atoms with van der Waals surface area (Å²) >= 11 is 0. The van der Waals surface area contributed by atoms with Gasteiger partial charge in [0.05, 0.1) is 32.4 Å². The van der Waals surface area contributed by atoms with E-state index in [1.165, 1.54) is 16.7 Å². The molecule has 1 amide bonds. The van der Waals surface area contributed by atoms with Crippen LogP contribution in [0.1, 0.15) is 45.8 Å². The second-order valence-electron chi connectivity index (χ2n) is 11.7. The van der Waals surface area contributed by atoms with Gasteiger partial charge in [-0.05, 0) is 80.7 Å². The third-order valence-electron chi connectivity index (χ3n) is 8.81. The lowest BCUT2D eigenvalue weighted by atomic mass is 9.92. The number of para-hydroxylation sites is 2. The Morgan fingerprint density at radius 2 is 1.68 bits per heavy atom. The molecule has 234 valence electrons. The summed E-state index contributed by atoms with van der Waals surface area (Å²) in [5.41, 5.74) is 6.38. The highest BCUT2D eigenvalue weighted by molar-refractivity contribution is 5.95. The van der Waals surface area contributed by atoms with Gasteiger partial charge in [-0.2, -0.15) is 0 Å². The summed E-state index contributed by atoms with van der Waals surface area (Å²) in [7, 11) is 6.55. The third-order valence-corrected chi connectivity index (χ3v) is 8.81. The van der Waals surface area contributed by atoms with Crippen LogP contribution >= 0.6 is 0 Å². The van der Waals surface area contributed by atoms with Gasteiger partial charge in [0.1, 0.15) is 0 Å². The molecular formula is C35H45N5O4. The average molecular weight is 600 g/mol. The molecule has 1 unspecified atom stereocenters. The lowest BCUT2D eigenvalue weighted by Crippen LogP contribution is -2.35. The number of likely N-dealkylation sites (N-methyl/N-ethyl adjacent to an activating group) is 1. The first-order valence-electron chi connectivity index (χ1n) is 15.4. The Labute approximate surface area is 260 Å². The van der Waals surface area contributed by atoms with Crippen molar-refractivity contribution >= 4 is 22.9 Å². The quantitative estimate of drug-likeness (QED) is 0.238. The molecule has 9 heteroatoms. The van der Waals surface area contributed by atoms with Gasteiger partial charge in [0.2, 0.25) is 11.7 Å². The summed E-state index contributed by atoms with van der Waals surface area (Å²) in [6, 6.07) is 18.3. The number of aromatic nitrogens is 2. The molecule has 44 heavy (non-hydrogen) atoms.